The smallest absolute Gasteiger partial charge is 0.407 e. The van der Waals surface area contributed by atoms with Crippen LogP contribution in [0.15, 0.2) is 30.4 Å². The van der Waals surface area contributed by atoms with E-state index in [0.717, 1.165) is 28.5 Å². The lowest BCUT2D eigenvalue weighted by atomic mass is 9.84. The number of esters is 1. The highest BCUT2D eigenvalue weighted by Gasteiger charge is 2.41. The van der Waals surface area contributed by atoms with Crippen molar-refractivity contribution in [1.82, 2.24) is 35.1 Å². The number of aryl methyl sites for hydroxylation is 1. The Balaban J connectivity index is 1.29. The zero-order valence-corrected chi connectivity index (χ0v) is 39.1. The first-order valence-electron chi connectivity index (χ1n) is 22.7. The maximum atomic E-state index is 15.1. The van der Waals surface area contributed by atoms with E-state index in [9.17, 15) is 24.3 Å². The molecule has 8 bridgehead atoms. The number of aromatic nitrogens is 4. The van der Waals surface area contributed by atoms with E-state index in [2.05, 4.69) is 27.1 Å². The Morgan fingerprint density at radius 2 is 1.64 bits per heavy atom. The Kier molecular flexibility index (Phi) is 14.6. The lowest BCUT2D eigenvalue weighted by molar-refractivity contribution is -0.145. The van der Waals surface area contributed by atoms with Gasteiger partial charge in [0.15, 0.2) is 0 Å². The van der Waals surface area contributed by atoms with Crippen LogP contribution in [0.5, 0.6) is 0 Å². The van der Waals surface area contributed by atoms with E-state index in [1.54, 1.807) is 26.8 Å². The Hall–Kier alpha value is -6.17. The predicted octanol–water partition coefficient (Wildman–Crippen LogP) is 6.94. The van der Waals surface area contributed by atoms with Crippen LogP contribution in [0.25, 0.3) is 33.3 Å². The minimum absolute atomic E-state index is 0.00473. The van der Waals surface area contributed by atoms with Crippen molar-refractivity contribution in [2.45, 2.75) is 92.1 Å². The van der Waals surface area contributed by atoms with Gasteiger partial charge in [-0.3, -0.25) is 24.2 Å². The SMILES string of the molecule is CCC1=C(C)c2cc3nc(cc4[nH]c(c5c6[nH]c(cc1n2)c(C)c6C(=O)N(CCN1CCOCC1)C5=O)[C@@H](CCC(=O)OCCOCCNC(=O)OC(C)(C)C)[C@@H]4C)C(C)=C3/C=C/C(=O)O. The van der Waals surface area contributed by atoms with Crippen LogP contribution in [0.3, 0.4) is 0 Å². The van der Waals surface area contributed by atoms with Gasteiger partial charge in [-0.05, 0) is 101 Å². The van der Waals surface area contributed by atoms with Gasteiger partial charge < -0.3 is 39.3 Å². The van der Waals surface area contributed by atoms with Crippen LogP contribution >= 0.6 is 0 Å². The van der Waals surface area contributed by atoms with Crippen molar-refractivity contribution in [2.24, 2.45) is 0 Å². The summed E-state index contributed by atoms with van der Waals surface area (Å²) in [4.78, 5) is 87.4. The number of fused-ring (bicyclic) bond motifs is 8. The molecule has 2 aromatic heterocycles. The van der Waals surface area contributed by atoms with Gasteiger partial charge in [0.1, 0.15) is 12.2 Å². The van der Waals surface area contributed by atoms with E-state index in [0.29, 0.717) is 107 Å². The number of ether oxygens (including phenoxy) is 4. The summed E-state index contributed by atoms with van der Waals surface area (Å²) in [6, 6.07) is 5.72. The van der Waals surface area contributed by atoms with Crippen LogP contribution in [0.2, 0.25) is 0 Å². The highest BCUT2D eigenvalue weighted by molar-refractivity contribution is 6.23. The molecular weight excluding hydrogens is 847 g/mol. The summed E-state index contributed by atoms with van der Waals surface area (Å²) < 4.78 is 21.9. The fourth-order valence-corrected chi connectivity index (χ4v) is 9.01. The molecule has 0 spiro atoms. The molecule has 0 aliphatic carbocycles. The molecule has 0 radical (unpaired) electrons. The zero-order valence-electron chi connectivity index (χ0n) is 39.1. The number of carbonyl (C=O) groups excluding carboxylic acids is 4. The van der Waals surface area contributed by atoms with Gasteiger partial charge in [-0.2, -0.15) is 0 Å². The van der Waals surface area contributed by atoms with Crippen molar-refractivity contribution in [1.29, 1.82) is 0 Å². The number of nitrogens with zero attached hydrogens (tertiary/aromatic N) is 4. The molecule has 2 atom stereocenters. The molecule has 5 aliphatic rings. The number of carbonyl (C=O) groups is 5. The molecule has 7 heterocycles. The van der Waals surface area contributed by atoms with E-state index in [-0.39, 0.29) is 51.2 Å². The van der Waals surface area contributed by atoms with Crippen molar-refractivity contribution in [3.05, 3.63) is 81.2 Å². The number of aromatic amines is 2. The van der Waals surface area contributed by atoms with Crippen molar-refractivity contribution in [2.75, 3.05) is 65.8 Å². The predicted molar refractivity (Wildman–Crippen MR) is 248 cm³/mol. The third-order valence-corrected chi connectivity index (χ3v) is 12.6. The monoisotopic (exact) mass is 907 g/mol. The van der Waals surface area contributed by atoms with Gasteiger partial charge in [0.25, 0.3) is 11.8 Å². The Morgan fingerprint density at radius 3 is 2.35 bits per heavy atom. The Labute approximate surface area is 384 Å². The average Bonchev–Trinajstić information content (AvgIpc) is 3.94. The second-order valence-corrected chi connectivity index (χ2v) is 18.1. The number of hydrogen-bond acceptors (Lipinski definition) is 12. The number of amides is 3. The minimum atomic E-state index is -1.09. The highest BCUT2D eigenvalue weighted by atomic mass is 16.6. The summed E-state index contributed by atoms with van der Waals surface area (Å²) in [5.74, 6) is -3.06. The van der Waals surface area contributed by atoms with Gasteiger partial charge in [-0.1, -0.05) is 13.8 Å². The number of H-pyrrole nitrogens is 2. The number of alkyl carbamates (subject to hydrolysis) is 1. The molecule has 1 saturated heterocycles. The summed E-state index contributed by atoms with van der Waals surface area (Å²) in [6.07, 6.45) is 3.08. The van der Waals surface area contributed by atoms with E-state index >= 15 is 4.79 Å². The first kappa shape index (κ1) is 47.8. The van der Waals surface area contributed by atoms with Crippen molar-refractivity contribution in [3.63, 3.8) is 0 Å². The molecule has 5 aliphatic heterocycles. The molecule has 17 heteroatoms. The number of aliphatic carboxylic acids is 1. The highest BCUT2D eigenvalue weighted by Crippen LogP contribution is 2.45. The maximum absolute atomic E-state index is 15.1. The van der Waals surface area contributed by atoms with E-state index < -0.39 is 35.5 Å². The molecule has 1 fully saturated rings. The molecule has 0 unspecified atom stereocenters. The standard InChI is InChI=1S/C49H61N7O10/c1-9-31-27(2)35-25-39-32(10-12-40(57)58)28(3)34(52-39)24-36-29(4)33(11-13-41(59)65-23-22-63-19-14-50-48(62)66-49(6,7)8)44(53-36)43-45-42(30(5)37(54-45)26-38(31)51-35)46(60)56(47(43)61)16-15-55-17-20-64-21-18-55/h10,12,24-26,29,33,53-54H,9,11,13-23H2,1-8H3,(H,50,62)(H,57,58)/b12-10+,36-24?,38-26?,39-25?,44-43?/t29-,33-/m0/s1. The minimum Gasteiger partial charge on any atom is -0.478 e. The summed E-state index contributed by atoms with van der Waals surface area (Å²) in [6.45, 7) is 18.9. The molecule has 352 valence electrons. The Bertz CT molecular complexity index is 2590. The summed E-state index contributed by atoms with van der Waals surface area (Å²) in [7, 11) is 0. The molecule has 3 amide bonds. The third-order valence-electron chi connectivity index (χ3n) is 12.6. The second kappa shape index (κ2) is 20.1. The van der Waals surface area contributed by atoms with Crippen LogP contribution < -0.4 is 5.32 Å². The topological polar surface area (TPSA) is 218 Å². The number of morpholine rings is 1. The van der Waals surface area contributed by atoms with Crippen molar-refractivity contribution >= 4 is 63.2 Å². The average molecular weight is 908 g/mol. The lowest BCUT2D eigenvalue weighted by Crippen LogP contribution is -2.47. The largest absolute Gasteiger partial charge is 0.478 e. The molecular formula is C49H61N7O10. The number of imide groups is 1. The van der Waals surface area contributed by atoms with E-state index in [4.69, 9.17) is 28.9 Å². The van der Waals surface area contributed by atoms with E-state index in [1.165, 1.54) is 4.90 Å². The molecule has 0 saturated carbocycles. The van der Waals surface area contributed by atoms with Gasteiger partial charge in [-0.25, -0.2) is 19.6 Å². The van der Waals surface area contributed by atoms with Crippen LogP contribution in [0, 0.1) is 6.92 Å². The molecule has 7 rings (SSSR count). The van der Waals surface area contributed by atoms with Gasteiger partial charge in [0.05, 0.1) is 65.8 Å². The van der Waals surface area contributed by atoms with Gasteiger partial charge in [-0.15, -0.1) is 0 Å². The maximum Gasteiger partial charge on any atom is 0.407 e. The number of carboxylic acid groups (broad SMARTS) is 1. The summed E-state index contributed by atoms with van der Waals surface area (Å²) in [5, 5.41) is 12.2. The number of hydrogen-bond donors (Lipinski definition) is 4. The van der Waals surface area contributed by atoms with Crippen LogP contribution in [0.1, 0.15) is 140 Å². The molecule has 66 heavy (non-hydrogen) atoms. The number of carboxylic acids is 1. The first-order valence-corrected chi connectivity index (χ1v) is 22.7. The molecule has 17 nitrogen and oxygen atoms in total. The first-order chi connectivity index (χ1) is 31.4. The molecule has 2 aromatic rings. The Morgan fingerprint density at radius 1 is 0.924 bits per heavy atom. The molecule has 4 N–H and O–H groups in total. The summed E-state index contributed by atoms with van der Waals surface area (Å²) >= 11 is 0. The normalized spacial score (nSPS) is 18.3. The zero-order chi connectivity index (χ0) is 47.4. The third kappa shape index (κ3) is 10.4. The van der Waals surface area contributed by atoms with Gasteiger partial charge >= 0.3 is 18.0 Å². The van der Waals surface area contributed by atoms with Crippen molar-refractivity contribution < 1.29 is 48.0 Å². The van der Waals surface area contributed by atoms with Crippen molar-refractivity contribution in [3.8, 4) is 0 Å². The lowest BCUT2D eigenvalue weighted by Gasteiger charge is -2.31. The molecule has 0 aromatic carbocycles. The second-order valence-electron chi connectivity index (χ2n) is 18.1. The van der Waals surface area contributed by atoms with Gasteiger partial charge in [0, 0.05) is 79.5 Å². The fourth-order valence-electron chi connectivity index (χ4n) is 9.01. The number of rotatable bonds is 15. The van der Waals surface area contributed by atoms with Gasteiger partial charge in [0.2, 0.25) is 0 Å². The number of allylic oxidation sites excluding steroid dienone is 5. The van der Waals surface area contributed by atoms with Crippen LogP contribution in [-0.2, 0) is 28.5 Å². The van der Waals surface area contributed by atoms with Crippen LogP contribution in [0.4, 0.5) is 4.79 Å². The fraction of sp³-hybridized carbons (Fsp3) is 0.490. The number of nitrogens with one attached hydrogen (secondary N) is 3. The quantitative estimate of drug-likeness (QED) is 0.0617. The van der Waals surface area contributed by atoms with E-state index in [1.807, 2.05) is 45.9 Å². The summed E-state index contributed by atoms with van der Waals surface area (Å²) in [5.41, 5.74) is 9.01. The van der Waals surface area contributed by atoms with Crippen LogP contribution in [-0.4, -0.2) is 136 Å².